The van der Waals surface area contributed by atoms with Gasteiger partial charge in [0, 0.05) is 17.8 Å². The van der Waals surface area contributed by atoms with E-state index in [1.165, 1.54) is 0 Å². The number of non-ortho nitro benzene ring substituents is 1. The first kappa shape index (κ1) is 17.3. The molecule has 0 bridgehead atoms. The van der Waals surface area contributed by atoms with Crippen molar-refractivity contribution in [3.8, 4) is 5.75 Å². The Bertz CT molecular complexity index is 773. The van der Waals surface area contributed by atoms with E-state index in [0.29, 0.717) is 5.69 Å². The first-order valence-electron chi connectivity index (χ1n) is 6.89. The zero-order chi connectivity index (χ0) is 17.9. The average molecular weight is 336 g/mol. The van der Waals surface area contributed by atoms with Gasteiger partial charge in [0.1, 0.15) is 5.75 Å². The number of nitro groups is 1. The second kappa shape index (κ2) is 7.03. The molecular formula is C16H14F2N2O4. The van der Waals surface area contributed by atoms with Crippen LogP contribution in [0.25, 0.3) is 0 Å². The molecule has 0 saturated carbocycles. The Morgan fingerprint density at radius 2 is 1.79 bits per heavy atom. The van der Waals surface area contributed by atoms with E-state index in [0.717, 1.165) is 29.3 Å². The number of benzene rings is 2. The van der Waals surface area contributed by atoms with E-state index in [2.05, 4.69) is 10.1 Å². The lowest BCUT2D eigenvalue weighted by Gasteiger charge is -2.12. The molecule has 0 fully saturated rings. The lowest BCUT2D eigenvalue weighted by molar-refractivity contribution is -0.384. The van der Waals surface area contributed by atoms with Crippen molar-refractivity contribution in [1.82, 2.24) is 0 Å². The van der Waals surface area contributed by atoms with Gasteiger partial charge in [0.05, 0.1) is 10.5 Å². The Hall–Kier alpha value is -3.03. The van der Waals surface area contributed by atoms with Crippen LogP contribution in [0.2, 0.25) is 0 Å². The third kappa shape index (κ3) is 4.25. The van der Waals surface area contributed by atoms with Crippen molar-refractivity contribution in [3.63, 3.8) is 0 Å². The molecule has 0 saturated heterocycles. The molecule has 0 aromatic heterocycles. The zero-order valence-corrected chi connectivity index (χ0v) is 12.9. The zero-order valence-electron chi connectivity index (χ0n) is 12.9. The minimum atomic E-state index is -3.15. The number of rotatable bonds is 5. The number of carbonyl (C=O) groups excluding carboxylic acids is 1. The molecule has 0 spiro atoms. The third-order valence-corrected chi connectivity index (χ3v) is 3.11. The van der Waals surface area contributed by atoms with E-state index < -0.39 is 28.9 Å². The van der Waals surface area contributed by atoms with Gasteiger partial charge in [-0.2, -0.15) is 8.78 Å². The number of halogens is 2. The van der Waals surface area contributed by atoms with Crippen molar-refractivity contribution in [1.29, 1.82) is 0 Å². The van der Waals surface area contributed by atoms with Crippen LogP contribution in [-0.4, -0.2) is 17.4 Å². The average Bonchev–Trinajstić information content (AvgIpc) is 2.45. The Balaban J connectivity index is 2.38. The third-order valence-electron chi connectivity index (χ3n) is 3.11. The van der Waals surface area contributed by atoms with E-state index in [1.807, 2.05) is 19.9 Å². The summed E-state index contributed by atoms with van der Waals surface area (Å²) in [4.78, 5) is 22.5. The van der Waals surface area contributed by atoms with Crippen LogP contribution in [0.4, 0.5) is 20.2 Å². The molecule has 8 heteroatoms. The molecule has 0 atom stereocenters. The Kier molecular flexibility index (Phi) is 5.08. The summed E-state index contributed by atoms with van der Waals surface area (Å²) in [5.41, 5.74) is 1.50. The molecule has 0 aliphatic carbocycles. The first-order chi connectivity index (χ1) is 11.3. The molecule has 0 heterocycles. The number of ether oxygens (including phenoxy) is 1. The molecule has 2 aromatic rings. The SMILES string of the molecule is Cc1cc(C)cc(NC(=O)c2cc([N+](=O)[O-])ccc2OC(F)F)c1. The number of aryl methyl sites for hydroxylation is 2. The number of alkyl halides is 2. The molecule has 24 heavy (non-hydrogen) atoms. The molecule has 0 aliphatic heterocycles. The molecule has 2 rings (SSSR count). The second-order valence-corrected chi connectivity index (χ2v) is 5.15. The molecule has 6 nitrogen and oxygen atoms in total. The van der Waals surface area contributed by atoms with Gasteiger partial charge < -0.3 is 10.1 Å². The van der Waals surface area contributed by atoms with Crippen LogP contribution in [0.15, 0.2) is 36.4 Å². The summed E-state index contributed by atoms with van der Waals surface area (Å²) in [6, 6.07) is 8.14. The highest BCUT2D eigenvalue weighted by Gasteiger charge is 2.20. The Labute approximate surface area is 136 Å². The summed E-state index contributed by atoms with van der Waals surface area (Å²) in [7, 11) is 0. The van der Waals surface area contributed by atoms with Gasteiger partial charge in [-0.1, -0.05) is 6.07 Å². The molecular weight excluding hydrogens is 322 g/mol. The number of amides is 1. The number of carbonyl (C=O) groups is 1. The predicted octanol–water partition coefficient (Wildman–Crippen LogP) is 4.07. The monoisotopic (exact) mass is 336 g/mol. The van der Waals surface area contributed by atoms with Gasteiger partial charge in [0.25, 0.3) is 11.6 Å². The Morgan fingerprint density at radius 1 is 1.17 bits per heavy atom. The number of nitrogens with zero attached hydrogens (tertiary/aromatic N) is 1. The van der Waals surface area contributed by atoms with Gasteiger partial charge in [-0.15, -0.1) is 0 Å². The number of nitrogens with one attached hydrogen (secondary N) is 1. The number of hydrogen-bond acceptors (Lipinski definition) is 4. The fourth-order valence-electron chi connectivity index (χ4n) is 2.25. The highest BCUT2D eigenvalue weighted by Crippen LogP contribution is 2.27. The van der Waals surface area contributed by atoms with Crippen LogP contribution in [0.1, 0.15) is 21.5 Å². The number of nitro benzene ring substituents is 1. The van der Waals surface area contributed by atoms with Crippen molar-refractivity contribution in [3.05, 3.63) is 63.2 Å². The van der Waals surface area contributed by atoms with Crippen molar-refractivity contribution in [2.45, 2.75) is 20.5 Å². The number of anilines is 1. The predicted molar refractivity (Wildman–Crippen MR) is 83.6 cm³/mol. The standard InChI is InChI=1S/C16H14F2N2O4/c1-9-5-10(2)7-11(6-9)19-15(21)13-8-12(20(22)23)3-4-14(13)24-16(17)18/h3-8,16H,1-2H3,(H,19,21). The van der Waals surface area contributed by atoms with E-state index in [9.17, 15) is 23.7 Å². The first-order valence-corrected chi connectivity index (χ1v) is 6.89. The van der Waals surface area contributed by atoms with Crippen molar-refractivity contribution in [2.75, 3.05) is 5.32 Å². The van der Waals surface area contributed by atoms with Crippen LogP contribution in [-0.2, 0) is 0 Å². The van der Waals surface area contributed by atoms with E-state index >= 15 is 0 Å². The highest BCUT2D eigenvalue weighted by molar-refractivity contribution is 6.06. The van der Waals surface area contributed by atoms with Crippen molar-refractivity contribution < 1.29 is 23.2 Å². The fraction of sp³-hybridized carbons (Fsp3) is 0.188. The molecule has 1 amide bonds. The van der Waals surface area contributed by atoms with Gasteiger partial charge in [-0.25, -0.2) is 0 Å². The second-order valence-electron chi connectivity index (χ2n) is 5.15. The molecule has 126 valence electrons. The summed E-state index contributed by atoms with van der Waals surface area (Å²) in [5.74, 6) is -1.21. The summed E-state index contributed by atoms with van der Waals surface area (Å²) in [5, 5.41) is 13.4. The summed E-state index contributed by atoms with van der Waals surface area (Å²) >= 11 is 0. The van der Waals surface area contributed by atoms with E-state index in [1.54, 1.807) is 12.1 Å². The minimum Gasteiger partial charge on any atom is -0.434 e. The normalized spacial score (nSPS) is 10.5. The maximum atomic E-state index is 12.5. The molecule has 0 aliphatic rings. The lowest BCUT2D eigenvalue weighted by Crippen LogP contribution is -2.15. The van der Waals surface area contributed by atoms with Crippen LogP contribution < -0.4 is 10.1 Å². The lowest BCUT2D eigenvalue weighted by atomic mass is 10.1. The smallest absolute Gasteiger partial charge is 0.387 e. The quantitative estimate of drug-likeness (QED) is 0.659. The molecule has 0 radical (unpaired) electrons. The fourth-order valence-corrected chi connectivity index (χ4v) is 2.25. The van der Waals surface area contributed by atoms with E-state index in [4.69, 9.17) is 0 Å². The summed E-state index contributed by atoms with van der Waals surface area (Å²) < 4.78 is 29.2. The van der Waals surface area contributed by atoms with Gasteiger partial charge >= 0.3 is 6.61 Å². The van der Waals surface area contributed by atoms with Gasteiger partial charge in [0.2, 0.25) is 0 Å². The molecule has 1 N–H and O–H groups in total. The van der Waals surface area contributed by atoms with Crippen molar-refractivity contribution >= 4 is 17.3 Å². The van der Waals surface area contributed by atoms with Gasteiger partial charge in [0.15, 0.2) is 0 Å². The van der Waals surface area contributed by atoms with Crippen LogP contribution >= 0.6 is 0 Å². The summed E-state index contributed by atoms with van der Waals surface area (Å²) in [6.07, 6.45) is 0. The van der Waals surface area contributed by atoms with Gasteiger partial charge in [-0.05, 0) is 43.2 Å². The van der Waals surface area contributed by atoms with Crippen LogP contribution in [0.3, 0.4) is 0 Å². The van der Waals surface area contributed by atoms with Crippen molar-refractivity contribution in [2.24, 2.45) is 0 Å². The van der Waals surface area contributed by atoms with Crippen LogP contribution in [0.5, 0.6) is 5.75 Å². The van der Waals surface area contributed by atoms with Gasteiger partial charge in [-0.3, -0.25) is 14.9 Å². The van der Waals surface area contributed by atoms with E-state index in [-0.39, 0.29) is 5.56 Å². The Morgan fingerprint density at radius 3 is 2.33 bits per heavy atom. The van der Waals surface area contributed by atoms with Crippen LogP contribution in [0, 0.1) is 24.0 Å². The highest BCUT2D eigenvalue weighted by atomic mass is 19.3. The minimum absolute atomic E-state index is 0.344. The summed E-state index contributed by atoms with van der Waals surface area (Å²) in [6.45, 7) is 0.516. The topological polar surface area (TPSA) is 81.5 Å². The largest absolute Gasteiger partial charge is 0.434 e. The maximum Gasteiger partial charge on any atom is 0.387 e. The molecule has 0 unspecified atom stereocenters. The number of hydrogen-bond donors (Lipinski definition) is 1. The maximum absolute atomic E-state index is 12.5. The molecule has 2 aromatic carbocycles.